The van der Waals surface area contributed by atoms with Crippen LogP contribution in [0.25, 0.3) is 10.1 Å². The first-order chi connectivity index (χ1) is 8.66. The molecule has 1 aliphatic rings. The quantitative estimate of drug-likeness (QED) is 0.737. The summed E-state index contributed by atoms with van der Waals surface area (Å²) in [6.07, 6.45) is 1.24. The highest BCUT2D eigenvalue weighted by atomic mass is 35.5. The third-order valence-electron chi connectivity index (χ3n) is 4.08. The van der Waals surface area contributed by atoms with E-state index in [0.29, 0.717) is 11.8 Å². The average molecular weight is 280 g/mol. The fourth-order valence-corrected chi connectivity index (χ4v) is 4.55. The van der Waals surface area contributed by atoms with E-state index < -0.39 is 0 Å². The van der Waals surface area contributed by atoms with Gasteiger partial charge >= 0.3 is 0 Å². The van der Waals surface area contributed by atoms with Gasteiger partial charge in [0.2, 0.25) is 0 Å². The van der Waals surface area contributed by atoms with Crippen molar-refractivity contribution in [2.75, 3.05) is 20.1 Å². The van der Waals surface area contributed by atoms with Gasteiger partial charge in [-0.3, -0.25) is 0 Å². The number of benzene rings is 1. The summed E-state index contributed by atoms with van der Waals surface area (Å²) < 4.78 is 1.32. The van der Waals surface area contributed by atoms with Crippen LogP contribution in [0.3, 0.4) is 0 Å². The van der Waals surface area contributed by atoms with Crippen molar-refractivity contribution in [3.8, 4) is 0 Å². The van der Waals surface area contributed by atoms with Crippen LogP contribution in [0.15, 0.2) is 23.6 Å². The Kier molecular flexibility index (Phi) is 3.35. The average Bonchev–Trinajstić information content (AvgIpc) is 2.74. The van der Waals surface area contributed by atoms with Crippen molar-refractivity contribution >= 4 is 33.0 Å². The van der Waals surface area contributed by atoms with Gasteiger partial charge in [0.15, 0.2) is 0 Å². The Bertz CT molecular complexity index is 563. The van der Waals surface area contributed by atoms with E-state index in [0.717, 1.165) is 5.02 Å². The standard InChI is InChI=1S/C15H18ClNS/c1-10-8-17(2)7-6-11(10)12-9-18-14-5-3-4-13(16)15(12)14/h3-5,9-11H,6-8H2,1-2H3. The Morgan fingerprint density at radius 1 is 1.39 bits per heavy atom. The molecule has 2 aromatic rings. The van der Waals surface area contributed by atoms with Gasteiger partial charge in [-0.25, -0.2) is 0 Å². The zero-order valence-corrected chi connectivity index (χ0v) is 12.4. The maximum Gasteiger partial charge on any atom is 0.0495 e. The topological polar surface area (TPSA) is 3.24 Å². The van der Waals surface area contributed by atoms with Crippen molar-refractivity contribution in [1.29, 1.82) is 0 Å². The van der Waals surface area contributed by atoms with E-state index in [9.17, 15) is 0 Å². The molecule has 2 unspecified atom stereocenters. The summed E-state index contributed by atoms with van der Waals surface area (Å²) in [6.45, 7) is 4.74. The molecule has 0 aliphatic carbocycles. The number of hydrogen-bond acceptors (Lipinski definition) is 2. The predicted molar refractivity (Wildman–Crippen MR) is 80.9 cm³/mol. The number of halogens is 1. The molecular weight excluding hydrogens is 262 g/mol. The lowest BCUT2D eigenvalue weighted by Crippen LogP contribution is -2.35. The molecule has 0 radical (unpaired) electrons. The summed E-state index contributed by atoms with van der Waals surface area (Å²) >= 11 is 8.22. The van der Waals surface area contributed by atoms with Crippen LogP contribution < -0.4 is 0 Å². The van der Waals surface area contributed by atoms with Crippen molar-refractivity contribution in [2.24, 2.45) is 5.92 Å². The molecular formula is C15H18ClNS. The number of hydrogen-bond donors (Lipinski definition) is 0. The molecule has 2 heterocycles. The summed E-state index contributed by atoms with van der Waals surface area (Å²) in [5, 5.41) is 4.53. The van der Waals surface area contributed by atoms with E-state index in [4.69, 9.17) is 11.6 Å². The van der Waals surface area contributed by atoms with Crippen molar-refractivity contribution in [1.82, 2.24) is 4.90 Å². The van der Waals surface area contributed by atoms with Crippen molar-refractivity contribution < 1.29 is 0 Å². The lowest BCUT2D eigenvalue weighted by Gasteiger charge is -2.34. The van der Waals surface area contributed by atoms with Gasteiger partial charge in [0, 0.05) is 21.7 Å². The van der Waals surface area contributed by atoms with Crippen LogP contribution in [0.2, 0.25) is 5.02 Å². The summed E-state index contributed by atoms with van der Waals surface area (Å²) in [5.41, 5.74) is 1.47. The van der Waals surface area contributed by atoms with Crippen molar-refractivity contribution in [2.45, 2.75) is 19.3 Å². The van der Waals surface area contributed by atoms with Crippen LogP contribution in [0.1, 0.15) is 24.8 Å². The SMILES string of the molecule is CC1CN(C)CCC1c1csc2cccc(Cl)c12. The Morgan fingerprint density at radius 2 is 2.22 bits per heavy atom. The Morgan fingerprint density at radius 3 is 3.00 bits per heavy atom. The molecule has 1 nitrogen and oxygen atoms in total. The van der Waals surface area contributed by atoms with E-state index in [2.05, 4.69) is 30.3 Å². The normalized spacial score (nSPS) is 25.7. The molecule has 0 spiro atoms. The van der Waals surface area contributed by atoms with E-state index in [-0.39, 0.29) is 0 Å². The third-order valence-corrected chi connectivity index (χ3v) is 5.37. The molecule has 1 aromatic heterocycles. The van der Waals surface area contributed by atoms with Gasteiger partial charge in [-0.1, -0.05) is 24.6 Å². The minimum atomic E-state index is 0.662. The molecule has 1 saturated heterocycles. The molecule has 3 heteroatoms. The molecule has 96 valence electrons. The lowest BCUT2D eigenvalue weighted by molar-refractivity contribution is 0.196. The van der Waals surface area contributed by atoms with Gasteiger partial charge in [0.25, 0.3) is 0 Å². The van der Waals surface area contributed by atoms with E-state index in [1.54, 1.807) is 0 Å². The maximum absolute atomic E-state index is 6.40. The monoisotopic (exact) mass is 279 g/mol. The van der Waals surface area contributed by atoms with Crippen molar-refractivity contribution in [3.63, 3.8) is 0 Å². The first kappa shape index (κ1) is 12.5. The Labute approximate surface area is 117 Å². The minimum Gasteiger partial charge on any atom is -0.306 e. The van der Waals surface area contributed by atoms with Crippen LogP contribution in [-0.2, 0) is 0 Å². The van der Waals surface area contributed by atoms with E-state index in [1.807, 2.05) is 23.5 Å². The van der Waals surface area contributed by atoms with Gasteiger partial charge in [-0.05, 0) is 54.9 Å². The highest BCUT2D eigenvalue weighted by Crippen LogP contribution is 2.41. The van der Waals surface area contributed by atoms with Crippen LogP contribution in [0.4, 0.5) is 0 Å². The molecule has 3 rings (SSSR count). The number of thiophene rings is 1. The highest BCUT2D eigenvalue weighted by molar-refractivity contribution is 7.17. The summed E-state index contributed by atoms with van der Waals surface area (Å²) in [7, 11) is 2.21. The minimum absolute atomic E-state index is 0.662. The number of likely N-dealkylation sites (tertiary alicyclic amines) is 1. The largest absolute Gasteiger partial charge is 0.306 e. The van der Waals surface area contributed by atoms with Gasteiger partial charge in [-0.2, -0.15) is 0 Å². The first-order valence-corrected chi connectivity index (χ1v) is 7.76. The molecule has 1 fully saturated rings. The molecule has 1 aromatic carbocycles. The van der Waals surface area contributed by atoms with Crippen LogP contribution >= 0.6 is 22.9 Å². The smallest absolute Gasteiger partial charge is 0.0495 e. The zero-order chi connectivity index (χ0) is 12.7. The fraction of sp³-hybridized carbons (Fsp3) is 0.467. The van der Waals surface area contributed by atoms with Gasteiger partial charge < -0.3 is 4.90 Å². The number of rotatable bonds is 1. The zero-order valence-electron chi connectivity index (χ0n) is 10.8. The second-order valence-corrected chi connectivity index (χ2v) is 6.76. The summed E-state index contributed by atoms with van der Waals surface area (Å²) in [5.74, 6) is 1.37. The van der Waals surface area contributed by atoms with Gasteiger partial charge in [-0.15, -0.1) is 11.3 Å². The Balaban J connectivity index is 2.04. The predicted octanol–water partition coefficient (Wildman–Crippen LogP) is 4.61. The van der Waals surface area contributed by atoms with E-state index in [1.165, 1.54) is 35.2 Å². The van der Waals surface area contributed by atoms with Crippen LogP contribution in [-0.4, -0.2) is 25.0 Å². The molecule has 0 N–H and O–H groups in total. The Hall–Kier alpha value is -0.570. The second-order valence-electron chi connectivity index (χ2n) is 5.44. The van der Waals surface area contributed by atoms with Crippen LogP contribution in [0.5, 0.6) is 0 Å². The van der Waals surface area contributed by atoms with Crippen molar-refractivity contribution in [3.05, 3.63) is 34.2 Å². The fourth-order valence-electron chi connectivity index (χ4n) is 3.16. The highest BCUT2D eigenvalue weighted by Gasteiger charge is 2.27. The van der Waals surface area contributed by atoms with E-state index >= 15 is 0 Å². The third kappa shape index (κ3) is 2.07. The molecule has 0 amide bonds. The summed E-state index contributed by atoms with van der Waals surface area (Å²) in [6, 6.07) is 6.23. The molecule has 0 bridgehead atoms. The van der Waals surface area contributed by atoms with Crippen LogP contribution in [0, 0.1) is 5.92 Å². The van der Waals surface area contributed by atoms with Gasteiger partial charge in [0.1, 0.15) is 0 Å². The maximum atomic E-state index is 6.40. The van der Waals surface area contributed by atoms with Gasteiger partial charge in [0.05, 0.1) is 0 Å². The number of piperidine rings is 1. The molecule has 0 saturated carbocycles. The molecule has 2 atom stereocenters. The molecule has 18 heavy (non-hydrogen) atoms. The molecule has 1 aliphatic heterocycles. The summed E-state index contributed by atoms with van der Waals surface area (Å²) in [4.78, 5) is 2.43. The number of fused-ring (bicyclic) bond motifs is 1. The first-order valence-electron chi connectivity index (χ1n) is 6.51. The lowest BCUT2D eigenvalue weighted by atomic mass is 9.81. The number of nitrogens with zero attached hydrogens (tertiary/aromatic N) is 1. The second kappa shape index (κ2) is 4.84.